The van der Waals surface area contributed by atoms with Gasteiger partial charge in [-0.3, -0.25) is 9.18 Å². The first-order valence-electron chi connectivity index (χ1n) is 2.95. The molecule has 0 bridgehead atoms. The molecule has 2 atom stereocenters. The summed E-state index contributed by atoms with van der Waals surface area (Å²) in [4.78, 5) is 10.4. The first kappa shape index (κ1) is 8.40. The maximum absolute atomic E-state index is 11.8. The Hall–Kier alpha value is -0.600. The van der Waals surface area contributed by atoms with Gasteiger partial charge in [0.1, 0.15) is 0 Å². The minimum Gasteiger partial charge on any atom is -0.369 e. The number of carbonyl (C=O) groups excluding carboxylic acids is 1. The molecule has 1 amide bonds. The summed E-state index contributed by atoms with van der Waals surface area (Å²) in [5, 5.41) is 0. The molecule has 0 aliphatic carbocycles. The number of carbonyl (C=O) groups is 1. The van der Waals surface area contributed by atoms with Crippen molar-refractivity contribution in [3.8, 4) is 0 Å². The molecule has 3 heteroatoms. The predicted molar refractivity (Wildman–Crippen MR) is 33.5 cm³/mol. The van der Waals surface area contributed by atoms with Crippen LogP contribution in [0.2, 0.25) is 0 Å². The van der Waals surface area contributed by atoms with Crippen LogP contribution in [-0.2, 0) is 4.79 Å². The topological polar surface area (TPSA) is 43.1 Å². The van der Waals surface area contributed by atoms with Gasteiger partial charge in [0.2, 0.25) is 5.91 Å². The average molecular weight is 133 g/mol. The van der Waals surface area contributed by atoms with Crippen molar-refractivity contribution in [3.63, 3.8) is 0 Å². The smallest absolute Gasteiger partial charge is 0.220 e. The molecule has 0 aromatic carbocycles. The van der Waals surface area contributed by atoms with Crippen LogP contribution in [-0.4, -0.2) is 12.6 Å². The lowest BCUT2D eigenvalue weighted by Gasteiger charge is -2.11. The quantitative estimate of drug-likeness (QED) is 0.605. The highest BCUT2D eigenvalue weighted by Gasteiger charge is 2.16. The normalized spacial score (nSPS) is 16.8. The zero-order chi connectivity index (χ0) is 7.44. The Balaban J connectivity index is 3.72. The molecule has 0 spiro atoms. The number of hydrogen-bond acceptors (Lipinski definition) is 1. The van der Waals surface area contributed by atoms with Gasteiger partial charge in [-0.1, -0.05) is 13.8 Å². The van der Waals surface area contributed by atoms with Crippen LogP contribution in [0.4, 0.5) is 4.39 Å². The third kappa shape index (κ3) is 2.44. The Bertz CT molecular complexity index is 105. The summed E-state index contributed by atoms with van der Waals surface area (Å²) >= 11 is 0. The van der Waals surface area contributed by atoms with Gasteiger partial charge >= 0.3 is 0 Å². The Morgan fingerprint density at radius 2 is 2.11 bits per heavy atom. The van der Waals surface area contributed by atoms with Crippen molar-refractivity contribution in [2.45, 2.75) is 13.8 Å². The van der Waals surface area contributed by atoms with Crippen LogP contribution in [0.15, 0.2) is 0 Å². The molecule has 0 aliphatic rings. The van der Waals surface area contributed by atoms with Crippen molar-refractivity contribution < 1.29 is 9.18 Å². The van der Waals surface area contributed by atoms with E-state index in [1.54, 1.807) is 13.8 Å². The third-order valence-electron chi connectivity index (χ3n) is 1.55. The molecule has 2 N–H and O–H groups in total. The highest BCUT2D eigenvalue weighted by Crippen LogP contribution is 2.09. The lowest BCUT2D eigenvalue weighted by atomic mass is 9.97. The Labute approximate surface area is 54.2 Å². The first-order valence-corrected chi connectivity index (χ1v) is 2.95. The minimum absolute atomic E-state index is 0.248. The second-order valence-electron chi connectivity index (χ2n) is 2.32. The summed E-state index contributed by atoms with van der Waals surface area (Å²) in [5.74, 6) is -1.03. The highest BCUT2D eigenvalue weighted by atomic mass is 19.1. The number of primary amides is 1. The van der Waals surface area contributed by atoms with Gasteiger partial charge in [-0.15, -0.1) is 0 Å². The molecule has 9 heavy (non-hydrogen) atoms. The first-order chi connectivity index (χ1) is 4.09. The Kier molecular flexibility index (Phi) is 3.20. The molecule has 0 fully saturated rings. The summed E-state index contributed by atoms with van der Waals surface area (Å²) in [6, 6.07) is 0. The van der Waals surface area contributed by atoms with Gasteiger partial charge in [-0.05, 0) is 5.92 Å². The van der Waals surface area contributed by atoms with Gasteiger partial charge in [0, 0.05) is 5.92 Å². The maximum Gasteiger partial charge on any atom is 0.220 e. The van der Waals surface area contributed by atoms with Crippen LogP contribution in [0, 0.1) is 11.8 Å². The molecule has 0 rings (SSSR count). The number of amides is 1. The number of halogens is 1. The molecule has 0 aromatic heterocycles. The fourth-order valence-electron chi connectivity index (χ4n) is 0.414. The zero-order valence-corrected chi connectivity index (χ0v) is 5.73. The molecule has 0 saturated carbocycles. The summed E-state index contributed by atoms with van der Waals surface area (Å²) < 4.78 is 11.8. The van der Waals surface area contributed by atoms with Gasteiger partial charge in [-0.2, -0.15) is 0 Å². The average Bonchev–Trinajstić information content (AvgIpc) is 1.84. The molecule has 0 radical (unpaired) electrons. The van der Waals surface area contributed by atoms with Gasteiger partial charge in [0.25, 0.3) is 0 Å². The number of rotatable bonds is 3. The van der Waals surface area contributed by atoms with Crippen molar-refractivity contribution in [2.75, 3.05) is 6.67 Å². The van der Waals surface area contributed by atoms with E-state index in [2.05, 4.69) is 0 Å². The largest absolute Gasteiger partial charge is 0.369 e. The van der Waals surface area contributed by atoms with Gasteiger partial charge in [0.05, 0.1) is 6.67 Å². The van der Waals surface area contributed by atoms with E-state index in [0.29, 0.717) is 0 Å². The molecular formula is C6H12FNO. The summed E-state index contributed by atoms with van der Waals surface area (Å²) in [5.41, 5.74) is 4.91. The SMILES string of the molecule is CC(CF)C(C)C(N)=O. The monoisotopic (exact) mass is 133 g/mol. The highest BCUT2D eigenvalue weighted by molar-refractivity contribution is 5.76. The Morgan fingerprint density at radius 3 is 2.22 bits per heavy atom. The van der Waals surface area contributed by atoms with Crippen LogP contribution in [0.3, 0.4) is 0 Å². The lowest BCUT2D eigenvalue weighted by molar-refractivity contribution is -0.122. The molecule has 0 saturated heterocycles. The van der Waals surface area contributed by atoms with Crippen molar-refractivity contribution >= 4 is 5.91 Å². The van der Waals surface area contributed by atoms with Crippen molar-refractivity contribution in [2.24, 2.45) is 17.6 Å². The van der Waals surface area contributed by atoms with E-state index in [4.69, 9.17) is 5.73 Å². The molecule has 2 unspecified atom stereocenters. The van der Waals surface area contributed by atoms with Crippen LogP contribution >= 0.6 is 0 Å². The summed E-state index contributed by atoms with van der Waals surface area (Å²) in [6.45, 7) is 2.81. The number of hydrogen-bond donors (Lipinski definition) is 1. The second-order valence-corrected chi connectivity index (χ2v) is 2.32. The molecule has 0 aromatic rings. The van der Waals surface area contributed by atoms with Gasteiger partial charge in [0.15, 0.2) is 0 Å². The van der Waals surface area contributed by atoms with Crippen LogP contribution in [0.5, 0.6) is 0 Å². The van der Waals surface area contributed by atoms with E-state index in [1.165, 1.54) is 0 Å². The predicted octanol–water partition coefficient (Wildman–Crippen LogP) is 0.713. The van der Waals surface area contributed by atoms with Crippen LogP contribution in [0.1, 0.15) is 13.8 Å². The molecule has 2 nitrogen and oxygen atoms in total. The van der Waals surface area contributed by atoms with Crippen LogP contribution < -0.4 is 5.73 Å². The van der Waals surface area contributed by atoms with Crippen molar-refractivity contribution in [1.29, 1.82) is 0 Å². The fraction of sp³-hybridized carbons (Fsp3) is 0.833. The Morgan fingerprint density at radius 1 is 1.67 bits per heavy atom. The maximum atomic E-state index is 11.8. The molecule has 54 valence electrons. The van der Waals surface area contributed by atoms with E-state index in [9.17, 15) is 9.18 Å². The number of nitrogens with two attached hydrogens (primary N) is 1. The molecule has 0 heterocycles. The summed E-state index contributed by atoms with van der Waals surface area (Å²) in [6.07, 6.45) is 0. The van der Waals surface area contributed by atoms with Gasteiger partial charge in [-0.25, -0.2) is 0 Å². The number of alkyl halides is 1. The molecular weight excluding hydrogens is 121 g/mol. The van der Waals surface area contributed by atoms with Crippen LogP contribution in [0.25, 0.3) is 0 Å². The van der Waals surface area contributed by atoms with Crippen molar-refractivity contribution in [1.82, 2.24) is 0 Å². The minimum atomic E-state index is -0.482. The van der Waals surface area contributed by atoms with E-state index in [1.807, 2.05) is 0 Å². The summed E-state index contributed by atoms with van der Waals surface area (Å²) in [7, 11) is 0. The fourth-order valence-corrected chi connectivity index (χ4v) is 0.414. The van der Waals surface area contributed by atoms with E-state index < -0.39 is 12.6 Å². The van der Waals surface area contributed by atoms with E-state index in [-0.39, 0.29) is 11.8 Å². The molecule has 0 aliphatic heterocycles. The second kappa shape index (κ2) is 3.43. The standard InChI is InChI=1S/C6H12FNO/c1-4(3-7)5(2)6(8)9/h4-5H,3H2,1-2H3,(H2,8,9). The van der Waals surface area contributed by atoms with E-state index >= 15 is 0 Å². The van der Waals surface area contributed by atoms with E-state index in [0.717, 1.165) is 0 Å². The lowest BCUT2D eigenvalue weighted by Crippen LogP contribution is -2.26. The van der Waals surface area contributed by atoms with Gasteiger partial charge < -0.3 is 5.73 Å². The zero-order valence-electron chi connectivity index (χ0n) is 5.73. The third-order valence-corrected chi connectivity index (χ3v) is 1.55. The van der Waals surface area contributed by atoms with Crippen molar-refractivity contribution in [3.05, 3.63) is 0 Å².